The Morgan fingerprint density at radius 3 is 2.72 bits per heavy atom. The number of anilines is 1. The number of aromatic nitrogens is 2. The second-order valence-corrected chi connectivity index (χ2v) is 8.79. The van der Waals surface area contributed by atoms with Gasteiger partial charge >= 0.3 is 0 Å². The van der Waals surface area contributed by atoms with Crippen molar-refractivity contribution >= 4 is 43.9 Å². The predicted molar refractivity (Wildman–Crippen MR) is 118 cm³/mol. The number of carbonyl (C=O) groups excluding carboxylic acids is 1. The van der Waals surface area contributed by atoms with Crippen LogP contribution in [0, 0.1) is 0 Å². The van der Waals surface area contributed by atoms with Crippen LogP contribution in [-0.2, 0) is 4.74 Å². The van der Waals surface area contributed by atoms with Gasteiger partial charge in [-0.15, -0.1) is 11.3 Å². The summed E-state index contributed by atoms with van der Waals surface area (Å²) in [5.74, 6) is -0.127. The number of rotatable bonds is 5. The summed E-state index contributed by atoms with van der Waals surface area (Å²) in [6.45, 7) is 1.25. The van der Waals surface area contributed by atoms with Crippen LogP contribution in [0.5, 0.6) is 0 Å². The van der Waals surface area contributed by atoms with Gasteiger partial charge in [-0.3, -0.25) is 9.69 Å². The summed E-state index contributed by atoms with van der Waals surface area (Å²) in [6, 6.07) is 17.9. The van der Waals surface area contributed by atoms with E-state index >= 15 is 0 Å². The highest BCUT2D eigenvalue weighted by Gasteiger charge is 2.28. The highest BCUT2D eigenvalue weighted by atomic mass is 32.1. The number of nitrogens with zero attached hydrogens (tertiary/aromatic N) is 3. The van der Waals surface area contributed by atoms with Gasteiger partial charge in [0.05, 0.1) is 22.9 Å². The molecule has 0 radical (unpaired) electrons. The van der Waals surface area contributed by atoms with Crippen LogP contribution in [-0.4, -0.2) is 35.1 Å². The van der Waals surface area contributed by atoms with Crippen LogP contribution >= 0.6 is 22.7 Å². The zero-order valence-corrected chi connectivity index (χ0v) is 17.3. The molecule has 0 saturated carbocycles. The van der Waals surface area contributed by atoms with Gasteiger partial charge in [-0.25, -0.2) is 9.97 Å². The lowest BCUT2D eigenvalue weighted by Gasteiger charge is -2.22. The molecule has 1 amide bonds. The second kappa shape index (κ2) is 8.02. The summed E-state index contributed by atoms with van der Waals surface area (Å²) >= 11 is 3.01. The first-order chi connectivity index (χ1) is 14.3. The van der Waals surface area contributed by atoms with E-state index in [0.29, 0.717) is 17.4 Å². The molecule has 1 fully saturated rings. The van der Waals surface area contributed by atoms with Crippen LogP contribution in [0.25, 0.3) is 20.8 Å². The van der Waals surface area contributed by atoms with Crippen molar-refractivity contribution in [3.05, 3.63) is 65.7 Å². The third kappa shape index (κ3) is 3.81. The van der Waals surface area contributed by atoms with Gasteiger partial charge in [-0.05, 0) is 25.0 Å². The van der Waals surface area contributed by atoms with Crippen molar-refractivity contribution in [3.63, 3.8) is 0 Å². The fraction of sp³-hybridized carbons (Fsp3) is 0.227. The van der Waals surface area contributed by atoms with E-state index in [1.807, 2.05) is 60.0 Å². The van der Waals surface area contributed by atoms with E-state index in [9.17, 15) is 4.79 Å². The summed E-state index contributed by atoms with van der Waals surface area (Å²) in [5, 5.41) is 3.37. The van der Waals surface area contributed by atoms with Crippen molar-refractivity contribution in [3.8, 4) is 10.6 Å². The molecular formula is C22H19N3O2S2. The van der Waals surface area contributed by atoms with Crippen LogP contribution in [0.3, 0.4) is 0 Å². The number of carbonyl (C=O) groups is 1. The fourth-order valence-corrected chi connectivity index (χ4v) is 5.21. The zero-order chi connectivity index (χ0) is 19.6. The Morgan fingerprint density at radius 1 is 1.10 bits per heavy atom. The van der Waals surface area contributed by atoms with Crippen molar-refractivity contribution in [2.75, 3.05) is 18.1 Å². The Kier molecular flexibility index (Phi) is 5.10. The fourth-order valence-electron chi connectivity index (χ4n) is 3.44. The minimum atomic E-state index is -0.127. The number of fused-ring (bicyclic) bond motifs is 1. The number of ether oxygens (including phenoxy) is 1. The van der Waals surface area contributed by atoms with Crippen LogP contribution in [0.2, 0.25) is 0 Å². The highest BCUT2D eigenvalue weighted by Crippen LogP contribution is 2.31. The van der Waals surface area contributed by atoms with E-state index in [2.05, 4.69) is 4.98 Å². The molecule has 3 heterocycles. The van der Waals surface area contributed by atoms with Gasteiger partial charge in [0.25, 0.3) is 5.91 Å². The summed E-state index contributed by atoms with van der Waals surface area (Å²) in [5.41, 5.74) is 2.37. The number of hydrogen-bond donors (Lipinski definition) is 0. The van der Waals surface area contributed by atoms with E-state index in [4.69, 9.17) is 9.72 Å². The Labute approximate surface area is 176 Å². The second-order valence-electron chi connectivity index (χ2n) is 6.92. The highest BCUT2D eigenvalue weighted by molar-refractivity contribution is 7.22. The van der Waals surface area contributed by atoms with Gasteiger partial charge in [0.15, 0.2) is 5.13 Å². The summed E-state index contributed by atoms with van der Waals surface area (Å²) in [6.07, 6.45) is 2.03. The maximum Gasteiger partial charge on any atom is 0.279 e. The lowest BCUT2D eigenvalue weighted by Crippen LogP contribution is -2.37. The average molecular weight is 422 g/mol. The quantitative estimate of drug-likeness (QED) is 0.442. The van der Waals surface area contributed by atoms with Gasteiger partial charge in [0, 0.05) is 17.6 Å². The lowest BCUT2D eigenvalue weighted by atomic mass is 10.2. The summed E-state index contributed by atoms with van der Waals surface area (Å²) in [7, 11) is 0. The number of amides is 1. The first kappa shape index (κ1) is 18.4. The van der Waals surface area contributed by atoms with Gasteiger partial charge in [-0.2, -0.15) is 0 Å². The third-order valence-electron chi connectivity index (χ3n) is 4.91. The third-order valence-corrected chi connectivity index (χ3v) is 6.86. The van der Waals surface area contributed by atoms with Crippen molar-refractivity contribution in [1.29, 1.82) is 0 Å². The van der Waals surface area contributed by atoms with Crippen LogP contribution < -0.4 is 4.90 Å². The Balaban J connectivity index is 1.48. The molecule has 5 nitrogen and oxygen atoms in total. The molecule has 1 aliphatic heterocycles. The minimum Gasteiger partial charge on any atom is -0.376 e. The molecule has 7 heteroatoms. The van der Waals surface area contributed by atoms with Crippen LogP contribution in [0.15, 0.2) is 60.0 Å². The first-order valence-electron chi connectivity index (χ1n) is 9.58. The molecule has 0 bridgehead atoms. The Bertz CT molecular complexity index is 1100. The molecule has 5 rings (SSSR count). The monoisotopic (exact) mass is 421 g/mol. The van der Waals surface area contributed by atoms with Crippen molar-refractivity contribution in [2.24, 2.45) is 0 Å². The molecule has 0 aliphatic carbocycles. The van der Waals surface area contributed by atoms with Crippen molar-refractivity contribution in [1.82, 2.24) is 9.97 Å². The maximum absolute atomic E-state index is 13.4. The largest absolute Gasteiger partial charge is 0.376 e. The maximum atomic E-state index is 13.4. The molecule has 146 valence electrons. The topological polar surface area (TPSA) is 55.3 Å². The summed E-state index contributed by atoms with van der Waals surface area (Å²) < 4.78 is 6.87. The first-order valence-corrected chi connectivity index (χ1v) is 11.3. The van der Waals surface area contributed by atoms with Gasteiger partial charge in [-0.1, -0.05) is 53.8 Å². The molecule has 29 heavy (non-hydrogen) atoms. The SMILES string of the molecule is O=C(c1csc(-c2ccccc2)n1)N(C[C@@H]1CCCO1)c1nc2ccccc2s1. The van der Waals surface area contributed by atoms with E-state index in [1.165, 1.54) is 22.7 Å². The molecule has 1 aliphatic rings. The van der Waals surface area contributed by atoms with Crippen LogP contribution in [0.4, 0.5) is 5.13 Å². The predicted octanol–water partition coefficient (Wildman–Crippen LogP) is 5.25. The van der Waals surface area contributed by atoms with Gasteiger partial charge < -0.3 is 4.74 Å². The normalized spacial score (nSPS) is 16.3. The van der Waals surface area contributed by atoms with E-state index in [-0.39, 0.29) is 12.0 Å². The molecule has 1 atom stereocenters. The molecule has 0 N–H and O–H groups in total. The van der Waals surface area contributed by atoms with Crippen molar-refractivity contribution < 1.29 is 9.53 Å². The molecule has 4 aromatic rings. The molecular weight excluding hydrogens is 402 g/mol. The standard InChI is InChI=1S/C22H19N3O2S2/c26-21(18-14-28-20(23-18)15-7-2-1-3-8-15)25(13-16-9-6-12-27-16)22-24-17-10-4-5-11-19(17)29-22/h1-5,7-8,10-11,14,16H,6,9,12-13H2/t16-/m0/s1. The number of para-hydroxylation sites is 1. The van der Waals surface area contributed by atoms with Crippen LogP contribution in [0.1, 0.15) is 23.3 Å². The number of hydrogen-bond acceptors (Lipinski definition) is 6. The number of benzene rings is 2. The van der Waals surface area contributed by atoms with E-state index in [1.54, 1.807) is 4.90 Å². The lowest BCUT2D eigenvalue weighted by molar-refractivity contribution is 0.0914. The Hall–Kier alpha value is -2.61. The molecule has 2 aromatic heterocycles. The molecule has 0 unspecified atom stereocenters. The molecule has 0 spiro atoms. The molecule has 2 aromatic carbocycles. The average Bonchev–Trinajstić information content (AvgIpc) is 3.52. The van der Waals surface area contributed by atoms with E-state index < -0.39 is 0 Å². The summed E-state index contributed by atoms with van der Waals surface area (Å²) in [4.78, 5) is 24.5. The smallest absolute Gasteiger partial charge is 0.279 e. The van der Waals surface area contributed by atoms with Gasteiger partial charge in [0.1, 0.15) is 10.7 Å². The molecule has 1 saturated heterocycles. The van der Waals surface area contributed by atoms with Crippen molar-refractivity contribution in [2.45, 2.75) is 18.9 Å². The zero-order valence-electron chi connectivity index (χ0n) is 15.7. The van der Waals surface area contributed by atoms with Gasteiger partial charge in [0.2, 0.25) is 0 Å². The minimum absolute atomic E-state index is 0.0400. The number of thiazole rings is 2. The Morgan fingerprint density at radius 2 is 1.93 bits per heavy atom. The van der Waals surface area contributed by atoms with E-state index in [0.717, 1.165) is 40.2 Å².